The SMILES string of the molecule is C=C1CCC(=O)C1OC(=O)C(C)(C)C.CC(=O)C(N)C(C)(C)C.Cc1c(F)c(F)c(F)c(OC(=O)C(C)(C)C)c1F. The molecule has 0 heterocycles. The molecule has 1 saturated carbocycles. The molecule has 1 aliphatic carbocycles. The molecule has 0 spiro atoms. The van der Waals surface area contributed by atoms with Gasteiger partial charge in [0.2, 0.25) is 11.6 Å². The first kappa shape index (κ1) is 37.9. The fourth-order valence-electron chi connectivity index (χ4n) is 2.88. The molecular formula is C30H43F4NO6. The van der Waals surface area contributed by atoms with E-state index in [4.69, 9.17) is 10.5 Å². The molecule has 2 N–H and O–H groups in total. The van der Waals surface area contributed by atoms with Gasteiger partial charge in [-0.1, -0.05) is 27.4 Å². The number of ketones is 2. The topological polar surface area (TPSA) is 113 Å². The Balaban J connectivity index is 0.000000620. The molecule has 0 aromatic heterocycles. The van der Waals surface area contributed by atoms with Crippen molar-refractivity contribution in [3.8, 4) is 5.75 Å². The highest BCUT2D eigenvalue weighted by molar-refractivity contribution is 5.91. The Morgan fingerprint density at radius 1 is 0.829 bits per heavy atom. The van der Waals surface area contributed by atoms with Crippen molar-refractivity contribution in [2.75, 3.05) is 0 Å². The zero-order valence-electron chi connectivity index (χ0n) is 25.8. The maximum Gasteiger partial charge on any atom is 0.316 e. The van der Waals surface area contributed by atoms with Gasteiger partial charge in [-0.3, -0.25) is 19.2 Å². The first-order valence-electron chi connectivity index (χ1n) is 13.0. The minimum absolute atomic E-state index is 0.0346. The molecule has 7 nitrogen and oxygen atoms in total. The van der Waals surface area contributed by atoms with Gasteiger partial charge in [0.15, 0.2) is 29.3 Å². The summed E-state index contributed by atoms with van der Waals surface area (Å²) in [6.07, 6.45) is 0.392. The lowest BCUT2D eigenvalue weighted by molar-refractivity contribution is -0.159. The highest BCUT2D eigenvalue weighted by atomic mass is 19.2. The van der Waals surface area contributed by atoms with Crippen molar-refractivity contribution >= 4 is 23.5 Å². The van der Waals surface area contributed by atoms with Crippen LogP contribution < -0.4 is 10.5 Å². The van der Waals surface area contributed by atoms with E-state index in [0.717, 1.165) is 6.92 Å². The second kappa shape index (κ2) is 14.2. The quantitative estimate of drug-likeness (QED) is 0.110. The molecule has 2 unspecified atom stereocenters. The van der Waals surface area contributed by atoms with Crippen LogP contribution in [-0.4, -0.2) is 35.7 Å². The second-order valence-electron chi connectivity index (χ2n) is 13.0. The predicted molar refractivity (Wildman–Crippen MR) is 147 cm³/mol. The number of carbonyl (C=O) groups is 4. The van der Waals surface area contributed by atoms with Gasteiger partial charge in [0, 0.05) is 12.0 Å². The van der Waals surface area contributed by atoms with Gasteiger partial charge in [0.05, 0.1) is 16.9 Å². The average molecular weight is 590 g/mol. The fraction of sp³-hybridized carbons (Fsp3) is 0.600. The molecule has 0 bridgehead atoms. The number of nitrogens with two attached hydrogens (primary N) is 1. The van der Waals surface area contributed by atoms with Crippen LogP contribution in [0.5, 0.6) is 5.75 Å². The zero-order valence-corrected chi connectivity index (χ0v) is 25.8. The van der Waals surface area contributed by atoms with Crippen LogP contribution in [0.4, 0.5) is 17.6 Å². The van der Waals surface area contributed by atoms with Crippen LogP contribution in [0.25, 0.3) is 0 Å². The third-order valence-corrected chi connectivity index (χ3v) is 5.81. The molecule has 232 valence electrons. The van der Waals surface area contributed by atoms with Crippen molar-refractivity contribution in [1.29, 1.82) is 0 Å². The molecule has 0 amide bonds. The lowest BCUT2D eigenvalue weighted by Crippen LogP contribution is -2.40. The maximum absolute atomic E-state index is 13.5. The molecule has 1 aliphatic rings. The van der Waals surface area contributed by atoms with Crippen LogP contribution in [0.1, 0.15) is 87.6 Å². The second-order valence-corrected chi connectivity index (χ2v) is 13.0. The van der Waals surface area contributed by atoms with E-state index in [1.807, 2.05) is 20.8 Å². The van der Waals surface area contributed by atoms with Crippen molar-refractivity contribution in [2.45, 2.75) is 101 Å². The number of rotatable bonds is 3. The first-order valence-corrected chi connectivity index (χ1v) is 13.0. The summed E-state index contributed by atoms with van der Waals surface area (Å²) in [5, 5.41) is 0. The van der Waals surface area contributed by atoms with Crippen molar-refractivity contribution in [1.82, 2.24) is 0 Å². The van der Waals surface area contributed by atoms with E-state index in [-0.39, 0.29) is 29.0 Å². The minimum Gasteiger partial charge on any atom is -0.449 e. The standard InChI is InChI=1S/C12H12F4O2.C11H16O3.C7H15NO/c1-5-6(13)8(15)9(16)10(7(5)14)18-11(17)12(2,3)4;1-7-5-6-8(12)9(7)14-10(13)11(2,3)4;1-5(9)6(8)7(2,3)4/h1-4H3;9H,1,5-6H2,2-4H3;6H,8H2,1-4H3. The van der Waals surface area contributed by atoms with Crippen LogP contribution in [0.15, 0.2) is 12.2 Å². The summed E-state index contributed by atoms with van der Waals surface area (Å²) in [5.74, 6) is -9.28. The van der Waals surface area contributed by atoms with E-state index in [2.05, 4.69) is 11.3 Å². The number of halogens is 4. The number of Topliss-reactive ketones (excluding diaryl/α,β-unsaturated/α-hetero) is 2. The lowest BCUT2D eigenvalue weighted by Gasteiger charge is -2.23. The average Bonchev–Trinajstić information content (AvgIpc) is 3.14. The Morgan fingerprint density at radius 2 is 1.29 bits per heavy atom. The van der Waals surface area contributed by atoms with Crippen molar-refractivity contribution in [3.63, 3.8) is 0 Å². The summed E-state index contributed by atoms with van der Waals surface area (Å²) in [6, 6.07) is -0.322. The Labute approximate surface area is 239 Å². The van der Waals surface area contributed by atoms with Crippen LogP contribution >= 0.6 is 0 Å². The molecule has 0 saturated heterocycles. The molecule has 0 aliphatic heterocycles. The van der Waals surface area contributed by atoms with Gasteiger partial charge < -0.3 is 15.2 Å². The number of esters is 2. The summed E-state index contributed by atoms with van der Waals surface area (Å²) in [5.41, 5.74) is 3.83. The van der Waals surface area contributed by atoms with Crippen LogP contribution in [0, 0.1) is 46.4 Å². The van der Waals surface area contributed by atoms with Gasteiger partial charge in [-0.25, -0.2) is 13.2 Å². The smallest absolute Gasteiger partial charge is 0.316 e. The highest BCUT2D eigenvalue weighted by Crippen LogP contribution is 2.31. The number of benzene rings is 1. The number of ether oxygens (including phenoxy) is 2. The Bertz CT molecular complexity index is 1130. The number of hydrogen-bond acceptors (Lipinski definition) is 7. The summed E-state index contributed by atoms with van der Waals surface area (Å²) < 4.78 is 62.5. The lowest BCUT2D eigenvalue weighted by atomic mass is 9.85. The Kier molecular flexibility index (Phi) is 13.1. The van der Waals surface area contributed by atoms with Gasteiger partial charge in [0.25, 0.3) is 0 Å². The van der Waals surface area contributed by atoms with Crippen molar-refractivity contribution in [2.24, 2.45) is 22.0 Å². The van der Waals surface area contributed by atoms with E-state index in [9.17, 15) is 36.7 Å². The van der Waals surface area contributed by atoms with E-state index in [1.54, 1.807) is 20.8 Å². The molecule has 1 aromatic carbocycles. The molecule has 2 atom stereocenters. The summed E-state index contributed by atoms with van der Waals surface area (Å²) in [7, 11) is 0. The van der Waals surface area contributed by atoms with E-state index < -0.39 is 57.5 Å². The number of hydrogen-bond donors (Lipinski definition) is 1. The summed E-state index contributed by atoms with van der Waals surface area (Å²) in [4.78, 5) is 44.9. The maximum atomic E-state index is 13.5. The van der Waals surface area contributed by atoms with Crippen molar-refractivity contribution in [3.05, 3.63) is 41.0 Å². The van der Waals surface area contributed by atoms with E-state index in [0.29, 0.717) is 18.4 Å². The largest absolute Gasteiger partial charge is 0.449 e. The third kappa shape index (κ3) is 11.0. The Morgan fingerprint density at radius 3 is 1.61 bits per heavy atom. The monoisotopic (exact) mass is 589 g/mol. The summed E-state index contributed by atoms with van der Waals surface area (Å²) >= 11 is 0. The van der Waals surface area contributed by atoms with Gasteiger partial charge in [-0.05, 0) is 72.8 Å². The molecule has 41 heavy (non-hydrogen) atoms. The van der Waals surface area contributed by atoms with Gasteiger partial charge in [0.1, 0.15) is 5.78 Å². The predicted octanol–water partition coefficient (Wildman–Crippen LogP) is 6.32. The fourth-order valence-corrected chi connectivity index (χ4v) is 2.88. The normalized spacial score (nSPS) is 16.1. The molecule has 11 heteroatoms. The molecule has 2 rings (SSSR count). The molecule has 1 fully saturated rings. The third-order valence-electron chi connectivity index (χ3n) is 5.81. The van der Waals surface area contributed by atoms with Crippen LogP contribution in [-0.2, 0) is 23.9 Å². The van der Waals surface area contributed by atoms with Gasteiger partial charge >= 0.3 is 11.9 Å². The van der Waals surface area contributed by atoms with Gasteiger partial charge in [-0.15, -0.1) is 0 Å². The van der Waals surface area contributed by atoms with E-state index >= 15 is 0 Å². The van der Waals surface area contributed by atoms with Crippen molar-refractivity contribution < 1.29 is 46.2 Å². The molecular weight excluding hydrogens is 546 g/mol. The van der Waals surface area contributed by atoms with E-state index in [1.165, 1.54) is 27.7 Å². The van der Waals surface area contributed by atoms with Crippen LogP contribution in [0.3, 0.4) is 0 Å². The minimum atomic E-state index is -1.87. The van der Waals surface area contributed by atoms with Crippen LogP contribution in [0.2, 0.25) is 0 Å². The van der Waals surface area contributed by atoms with Gasteiger partial charge in [-0.2, -0.15) is 4.39 Å². The zero-order chi connectivity index (χ0) is 32.8. The molecule has 0 radical (unpaired) electrons. The highest BCUT2D eigenvalue weighted by Gasteiger charge is 2.35. The number of carbonyl (C=O) groups excluding carboxylic acids is 4. The first-order chi connectivity index (χ1) is 18.2. The molecule has 1 aromatic rings. The Hall–Kier alpha value is -3.08. The summed E-state index contributed by atoms with van der Waals surface area (Å²) in [6.45, 7) is 21.7.